The maximum absolute atomic E-state index is 14.1. The molecular weight excluding hydrogens is 386 g/mol. The summed E-state index contributed by atoms with van der Waals surface area (Å²) in [5.74, 6) is -3.80. The van der Waals surface area contributed by atoms with E-state index in [1.807, 2.05) is 0 Å². The number of primary amides is 1. The summed E-state index contributed by atoms with van der Waals surface area (Å²) in [5.41, 5.74) is 5.35. The molecule has 134 valence electrons. The van der Waals surface area contributed by atoms with Crippen LogP contribution in [0.15, 0.2) is 35.7 Å². The predicted octanol–water partition coefficient (Wildman–Crippen LogP) is 4.13. The zero-order valence-electron chi connectivity index (χ0n) is 13.0. The number of ether oxygens (including phenoxy) is 1. The quantitative estimate of drug-likeness (QED) is 0.679. The molecule has 0 saturated heterocycles. The van der Waals surface area contributed by atoms with E-state index < -0.39 is 23.1 Å². The van der Waals surface area contributed by atoms with Crippen LogP contribution in [-0.4, -0.2) is 16.0 Å². The first-order valence-corrected chi connectivity index (χ1v) is 8.46. The lowest BCUT2D eigenvalue weighted by atomic mass is 10.1. The Morgan fingerprint density at radius 1 is 1.31 bits per heavy atom. The van der Waals surface area contributed by atoms with Gasteiger partial charge >= 0.3 is 0 Å². The third-order valence-corrected chi connectivity index (χ3v) is 4.59. The van der Waals surface area contributed by atoms with Gasteiger partial charge in [-0.2, -0.15) is 0 Å². The summed E-state index contributed by atoms with van der Waals surface area (Å²) >= 11 is 7.02. The van der Waals surface area contributed by atoms with Crippen molar-refractivity contribution in [2.24, 2.45) is 5.73 Å². The summed E-state index contributed by atoms with van der Waals surface area (Å²) in [5, 5.41) is 12.1. The third-order valence-electron chi connectivity index (χ3n) is 3.45. The fraction of sp³-hybridized carbons (Fsp3) is 0.0588. The van der Waals surface area contributed by atoms with Crippen LogP contribution in [0.3, 0.4) is 0 Å². The summed E-state index contributed by atoms with van der Waals surface area (Å²) in [6.07, 6.45) is 0. The SMILES string of the molecule is NC(=O)c1c(F)ccc(OCc2nc(-c3ccc(Cl)c(O)c3)cs2)c1F. The van der Waals surface area contributed by atoms with Gasteiger partial charge in [-0.25, -0.2) is 13.8 Å². The molecule has 1 aromatic heterocycles. The highest BCUT2D eigenvalue weighted by atomic mass is 35.5. The highest BCUT2D eigenvalue weighted by molar-refractivity contribution is 7.09. The normalized spacial score (nSPS) is 10.7. The standard InChI is InChI=1S/C17H11ClF2N2O3S/c18-9-2-1-8(5-12(9)23)11-7-26-14(22-11)6-25-13-4-3-10(19)15(16(13)20)17(21)24/h1-5,7,23H,6H2,(H2,21,24). The Labute approximate surface area is 155 Å². The van der Waals surface area contributed by atoms with Gasteiger partial charge in [0.05, 0.1) is 10.7 Å². The molecule has 0 spiro atoms. The second-order valence-electron chi connectivity index (χ2n) is 5.18. The smallest absolute Gasteiger partial charge is 0.254 e. The first-order valence-electron chi connectivity index (χ1n) is 7.20. The molecular formula is C17H11ClF2N2O3S. The van der Waals surface area contributed by atoms with Gasteiger partial charge in [0.2, 0.25) is 0 Å². The Hall–Kier alpha value is -2.71. The molecule has 0 radical (unpaired) electrons. The molecule has 0 atom stereocenters. The van der Waals surface area contributed by atoms with E-state index in [9.17, 15) is 18.7 Å². The monoisotopic (exact) mass is 396 g/mol. The van der Waals surface area contributed by atoms with Crippen LogP contribution in [-0.2, 0) is 6.61 Å². The van der Waals surface area contributed by atoms with Crippen LogP contribution < -0.4 is 10.5 Å². The number of aromatic hydroxyl groups is 1. The van der Waals surface area contributed by atoms with Crippen LogP contribution >= 0.6 is 22.9 Å². The van der Waals surface area contributed by atoms with Crippen molar-refractivity contribution in [2.45, 2.75) is 6.61 Å². The topological polar surface area (TPSA) is 85.4 Å². The van der Waals surface area contributed by atoms with Crippen LogP contribution in [0.1, 0.15) is 15.4 Å². The van der Waals surface area contributed by atoms with E-state index in [4.69, 9.17) is 22.1 Å². The van der Waals surface area contributed by atoms with E-state index in [1.165, 1.54) is 17.4 Å². The Bertz CT molecular complexity index is 994. The summed E-state index contributed by atoms with van der Waals surface area (Å²) < 4.78 is 32.9. The number of benzene rings is 2. The molecule has 0 bridgehead atoms. The number of halogens is 3. The molecule has 1 amide bonds. The molecule has 1 heterocycles. The van der Waals surface area contributed by atoms with Crippen LogP contribution in [0.25, 0.3) is 11.3 Å². The number of rotatable bonds is 5. The molecule has 3 rings (SSSR count). The van der Waals surface area contributed by atoms with Gasteiger partial charge in [0, 0.05) is 10.9 Å². The highest BCUT2D eigenvalue weighted by Gasteiger charge is 2.19. The molecule has 9 heteroatoms. The van der Waals surface area contributed by atoms with Crippen molar-refractivity contribution in [3.8, 4) is 22.8 Å². The number of hydrogen-bond donors (Lipinski definition) is 2. The van der Waals surface area contributed by atoms with Gasteiger partial charge < -0.3 is 15.6 Å². The maximum Gasteiger partial charge on any atom is 0.254 e. The maximum atomic E-state index is 14.1. The van der Waals surface area contributed by atoms with Gasteiger partial charge in [0.15, 0.2) is 11.6 Å². The van der Waals surface area contributed by atoms with E-state index in [-0.39, 0.29) is 23.1 Å². The third kappa shape index (κ3) is 3.61. The molecule has 26 heavy (non-hydrogen) atoms. The van der Waals surface area contributed by atoms with Crippen molar-refractivity contribution in [1.29, 1.82) is 0 Å². The van der Waals surface area contributed by atoms with Crippen molar-refractivity contribution < 1.29 is 23.4 Å². The number of carbonyl (C=O) groups excluding carboxylic acids is 1. The lowest BCUT2D eigenvalue weighted by Crippen LogP contribution is -2.16. The molecule has 5 nitrogen and oxygen atoms in total. The summed E-state index contributed by atoms with van der Waals surface area (Å²) in [7, 11) is 0. The number of amides is 1. The lowest BCUT2D eigenvalue weighted by molar-refractivity contribution is 0.0991. The first-order chi connectivity index (χ1) is 12.4. The van der Waals surface area contributed by atoms with E-state index in [1.54, 1.807) is 17.5 Å². The molecule has 3 N–H and O–H groups in total. The lowest BCUT2D eigenvalue weighted by Gasteiger charge is -2.08. The van der Waals surface area contributed by atoms with Gasteiger partial charge in [-0.15, -0.1) is 11.3 Å². The molecule has 0 aliphatic heterocycles. The van der Waals surface area contributed by atoms with Crippen molar-refractivity contribution in [2.75, 3.05) is 0 Å². The van der Waals surface area contributed by atoms with Gasteiger partial charge in [-0.05, 0) is 24.3 Å². The summed E-state index contributed by atoms with van der Waals surface area (Å²) in [6, 6.07) is 6.69. The average Bonchev–Trinajstić information content (AvgIpc) is 3.05. The molecule has 0 unspecified atom stereocenters. The number of phenols is 1. The second kappa shape index (κ2) is 7.27. The number of phenolic OH excluding ortho intramolecular Hbond substituents is 1. The van der Waals surface area contributed by atoms with Crippen molar-refractivity contribution in [3.05, 3.63) is 62.9 Å². The van der Waals surface area contributed by atoms with Crippen molar-refractivity contribution >= 4 is 28.8 Å². The fourth-order valence-electron chi connectivity index (χ4n) is 2.19. The van der Waals surface area contributed by atoms with Gasteiger partial charge in [-0.3, -0.25) is 4.79 Å². The molecule has 0 aliphatic rings. The molecule has 2 aromatic carbocycles. The summed E-state index contributed by atoms with van der Waals surface area (Å²) in [6.45, 7) is -0.0923. The number of nitrogens with zero attached hydrogens (tertiary/aromatic N) is 1. The van der Waals surface area contributed by atoms with Crippen LogP contribution in [0.5, 0.6) is 11.5 Å². The predicted molar refractivity (Wildman–Crippen MR) is 93.4 cm³/mol. The van der Waals surface area contributed by atoms with Gasteiger partial charge in [0.1, 0.15) is 28.7 Å². The van der Waals surface area contributed by atoms with Crippen LogP contribution in [0, 0.1) is 11.6 Å². The summed E-state index contributed by atoms with van der Waals surface area (Å²) in [4.78, 5) is 15.4. The van der Waals surface area contributed by atoms with E-state index in [0.717, 1.165) is 12.1 Å². The highest BCUT2D eigenvalue weighted by Crippen LogP contribution is 2.30. The van der Waals surface area contributed by atoms with E-state index in [2.05, 4.69) is 4.98 Å². The minimum Gasteiger partial charge on any atom is -0.506 e. The van der Waals surface area contributed by atoms with E-state index >= 15 is 0 Å². The number of aromatic nitrogens is 1. The minimum absolute atomic E-state index is 0.0673. The molecule has 3 aromatic rings. The van der Waals surface area contributed by atoms with Gasteiger partial charge in [-0.1, -0.05) is 17.7 Å². The zero-order chi connectivity index (χ0) is 18.8. The molecule has 0 aliphatic carbocycles. The Kier molecular flexibility index (Phi) is 5.06. The van der Waals surface area contributed by atoms with Crippen molar-refractivity contribution in [3.63, 3.8) is 0 Å². The molecule has 0 saturated carbocycles. The molecule has 0 fully saturated rings. The first kappa shape index (κ1) is 18.1. The Morgan fingerprint density at radius 2 is 2.08 bits per heavy atom. The van der Waals surface area contributed by atoms with Crippen LogP contribution in [0.4, 0.5) is 8.78 Å². The van der Waals surface area contributed by atoms with E-state index in [0.29, 0.717) is 16.3 Å². The second-order valence-corrected chi connectivity index (χ2v) is 6.53. The van der Waals surface area contributed by atoms with Crippen LogP contribution in [0.2, 0.25) is 5.02 Å². The zero-order valence-corrected chi connectivity index (χ0v) is 14.6. The average molecular weight is 397 g/mol. The number of carbonyl (C=O) groups is 1. The van der Waals surface area contributed by atoms with Crippen molar-refractivity contribution in [1.82, 2.24) is 4.98 Å². The minimum atomic E-state index is -1.22. The number of thiazole rings is 1. The van der Waals surface area contributed by atoms with Gasteiger partial charge in [0.25, 0.3) is 5.91 Å². The number of nitrogens with two attached hydrogens (primary N) is 1. The number of hydrogen-bond acceptors (Lipinski definition) is 5. The Morgan fingerprint density at radius 3 is 2.77 bits per heavy atom. The Balaban J connectivity index is 1.77. The fourth-order valence-corrected chi connectivity index (χ4v) is 3.02. The largest absolute Gasteiger partial charge is 0.506 e.